The van der Waals surface area contributed by atoms with Gasteiger partial charge in [-0.2, -0.15) is 0 Å². The van der Waals surface area contributed by atoms with Gasteiger partial charge in [-0.1, -0.05) is 18.2 Å². The Balaban J connectivity index is 1.52. The normalized spacial score (nSPS) is 13.3. The van der Waals surface area contributed by atoms with Crippen LogP contribution in [0.25, 0.3) is 0 Å². The Labute approximate surface area is 136 Å². The number of urea groups is 1. The van der Waals surface area contributed by atoms with Crippen LogP contribution in [0, 0.1) is 0 Å². The average molecular weight is 333 g/mol. The van der Waals surface area contributed by atoms with Crippen molar-refractivity contribution in [3.63, 3.8) is 0 Å². The number of nitrogens with zero attached hydrogens (tertiary/aromatic N) is 1. The maximum Gasteiger partial charge on any atom is 0.332 e. The first-order valence-electron chi connectivity index (χ1n) is 7.04. The summed E-state index contributed by atoms with van der Waals surface area (Å²) in [5, 5.41) is 2.30. The number of hydrogen-bond donors (Lipinski definition) is 2. The standard InChI is InChI=1S/C15H15N3O2S2/c19-13(10-6-2-1-3-7-10)17-14(20)18-22-15-16-11-8-4-5-9-12(11)21-15/h1-3,6-7H,4-5,8-9H2,(H2,17,18,19,20). The lowest BCUT2D eigenvalue weighted by molar-refractivity contribution is 0.0965. The van der Waals surface area contributed by atoms with E-state index in [2.05, 4.69) is 15.0 Å². The second-order valence-electron chi connectivity index (χ2n) is 4.91. The van der Waals surface area contributed by atoms with Crippen LogP contribution in [0.4, 0.5) is 4.79 Å². The van der Waals surface area contributed by atoms with Crippen molar-refractivity contribution in [2.75, 3.05) is 0 Å². The lowest BCUT2D eigenvalue weighted by Gasteiger charge is -2.06. The zero-order valence-electron chi connectivity index (χ0n) is 11.8. The van der Waals surface area contributed by atoms with Gasteiger partial charge >= 0.3 is 6.03 Å². The van der Waals surface area contributed by atoms with Crippen molar-refractivity contribution in [1.29, 1.82) is 0 Å². The number of nitrogens with one attached hydrogen (secondary N) is 2. The van der Waals surface area contributed by atoms with Gasteiger partial charge in [0.05, 0.1) is 5.69 Å². The summed E-state index contributed by atoms with van der Waals surface area (Å²) in [6.07, 6.45) is 4.48. The van der Waals surface area contributed by atoms with E-state index >= 15 is 0 Å². The molecule has 3 amide bonds. The van der Waals surface area contributed by atoms with Crippen LogP contribution in [-0.2, 0) is 12.8 Å². The van der Waals surface area contributed by atoms with E-state index in [0.717, 1.165) is 34.8 Å². The van der Waals surface area contributed by atoms with Crippen LogP contribution < -0.4 is 10.0 Å². The van der Waals surface area contributed by atoms with Crippen molar-refractivity contribution in [2.45, 2.75) is 30.0 Å². The Bertz CT molecular complexity index is 662. The van der Waals surface area contributed by atoms with E-state index in [1.54, 1.807) is 35.6 Å². The van der Waals surface area contributed by atoms with E-state index in [9.17, 15) is 9.59 Å². The number of carbonyl (C=O) groups excluding carboxylic acids is 2. The molecule has 0 bridgehead atoms. The molecule has 2 N–H and O–H groups in total. The van der Waals surface area contributed by atoms with E-state index in [0.29, 0.717) is 5.56 Å². The smallest absolute Gasteiger partial charge is 0.275 e. The molecular formula is C15H15N3O2S2. The number of fused-ring (bicyclic) bond motifs is 1. The SMILES string of the molecule is O=C(NSc1nc2c(s1)CCCC2)NC(=O)c1ccccc1. The van der Waals surface area contributed by atoms with Crippen LogP contribution in [0.3, 0.4) is 0 Å². The first-order valence-corrected chi connectivity index (χ1v) is 8.67. The zero-order valence-corrected chi connectivity index (χ0v) is 13.4. The fraction of sp³-hybridized carbons (Fsp3) is 0.267. The molecule has 0 saturated heterocycles. The average Bonchev–Trinajstić information content (AvgIpc) is 2.96. The number of aromatic nitrogens is 1. The molecule has 0 radical (unpaired) electrons. The third kappa shape index (κ3) is 3.66. The molecule has 0 atom stereocenters. The fourth-order valence-electron chi connectivity index (χ4n) is 2.25. The molecule has 0 fully saturated rings. The Morgan fingerprint density at radius 3 is 2.68 bits per heavy atom. The number of thiazole rings is 1. The van der Waals surface area contributed by atoms with Crippen LogP contribution in [0.5, 0.6) is 0 Å². The summed E-state index contributed by atoms with van der Waals surface area (Å²) >= 11 is 2.77. The summed E-state index contributed by atoms with van der Waals surface area (Å²) in [5.41, 5.74) is 1.61. The molecular weight excluding hydrogens is 318 g/mol. The Hall–Kier alpha value is -1.86. The van der Waals surface area contributed by atoms with Crippen molar-refractivity contribution in [3.05, 3.63) is 46.5 Å². The first kappa shape index (κ1) is 15.1. The molecule has 3 rings (SSSR count). The van der Waals surface area contributed by atoms with Crippen molar-refractivity contribution >= 4 is 35.2 Å². The fourth-order valence-corrected chi connectivity index (χ4v) is 4.11. The molecule has 114 valence electrons. The van der Waals surface area contributed by atoms with Gasteiger partial charge in [0.15, 0.2) is 4.34 Å². The predicted octanol–water partition coefficient (Wildman–Crippen LogP) is 3.17. The van der Waals surface area contributed by atoms with Gasteiger partial charge in [-0.25, -0.2) is 9.78 Å². The minimum absolute atomic E-state index is 0.419. The monoisotopic (exact) mass is 333 g/mol. The maximum absolute atomic E-state index is 11.8. The molecule has 1 aromatic heterocycles. The molecule has 1 aromatic carbocycles. The topological polar surface area (TPSA) is 71.1 Å². The maximum atomic E-state index is 11.8. The van der Waals surface area contributed by atoms with E-state index in [-0.39, 0.29) is 0 Å². The highest BCUT2D eigenvalue weighted by Crippen LogP contribution is 2.30. The zero-order chi connectivity index (χ0) is 15.4. The molecule has 1 aliphatic carbocycles. The summed E-state index contributed by atoms with van der Waals surface area (Å²) < 4.78 is 3.42. The number of amides is 3. The predicted molar refractivity (Wildman–Crippen MR) is 87.1 cm³/mol. The Morgan fingerprint density at radius 2 is 1.91 bits per heavy atom. The summed E-state index contributed by atoms with van der Waals surface area (Å²) in [6, 6.07) is 8.10. The summed E-state index contributed by atoms with van der Waals surface area (Å²) in [7, 11) is 0. The highest BCUT2D eigenvalue weighted by Gasteiger charge is 2.16. The van der Waals surface area contributed by atoms with Crippen molar-refractivity contribution < 1.29 is 9.59 Å². The van der Waals surface area contributed by atoms with Crippen LogP contribution in [-0.4, -0.2) is 16.9 Å². The highest BCUT2D eigenvalue weighted by molar-refractivity contribution is 7.99. The number of carbonyl (C=O) groups is 2. The largest absolute Gasteiger partial charge is 0.332 e. The van der Waals surface area contributed by atoms with Crippen molar-refractivity contribution in [2.24, 2.45) is 0 Å². The Kier molecular flexibility index (Phi) is 4.74. The molecule has 2 aromatic rings. The highest BCUT2D eigenvalue weighted by atomic mass is 32.2. The van der Waals surface area contributed by atoms with Crippen LogP contribution in [0.15, 0.2) is 34.7 Å². The molecule has 0 aliphatic heterocycles. The van der Waals surface area contributed by atoms with Gasteiger partial charge in [0, 0.05) is 22.4 Å². The number of hydrogen-bond acceptors (Lipinski definition) is 5. The van der Waals surface area contributed by atoms with Crippen LogP contribution in [0.1, 0.15) is 33.8 Å². The quantitative estimate of drug-likeness (QED) is 0.847. The molecule has 1 aliphatic rings. The molecule has 0 saturated carbocycles. The van der Waals surface area contributed by atoms with E-state index < -0.39 is 11.9 Å². The summed E-state index contributed by atoms with van der Waals surface area (Å²) in [5.74, 6) is -0.419. The molecule has 0 spiro atoms. The second kappa shape index (κ2) is 6.93. The minimum atomic E-state index is -0.535. The van der Waals surface area contributed by atoms with Gasteiger partial charge in [-0.3, -0.25) is 14.8 Å². The number of aryl methyl sites for hydroxylation is 2. The summed E-state index contributed by atoms with van der Waals surface area (Å²) in [6.45, 7) is 0. The molecule has 7 heteroatoms. The molecule has 1 heterocycles. The number of benzene rings is 1. The van der Waals surface area contributed by atoms with Gasteiger partial charge in [0.2, 0.25) is 0 Å². The van der Waals surface area contributed by atoms with E-state index in [1.165, 1.54) is 17.7 Å². The molecule has 0 unspecified atom stereocenters. The van der Waals surface area contributed by atoms with Crippen molar-refractivity contribution in [3.8, 4) is 0 Å². The first-order chi connectivity index (χ1) is 10.7. The number of rotatable bonds is 3. The van der Waals surface area contributed by atoms with E-state index in [1.807, 2.05) is 6.07 Å². The van der Waals surface area contributed by atoms with Crippen molar-refractivity contribution in [1.82, 2.24) is 15.0 Å². The van der Waals surface area contributed by atoms with Gasteiger partial charge in [0.1, 0.15) is 0 Å². The van der Waals surface area contributed by atoms with Gasteiger partial charge < -0.3 is 0 Å². The lowest BCUT2D eigenvalue weighted by Crippen LogP contribution is -2.36. The molecule has 22 heavy (non-hydrogen) atoms. The van der Waals surface area contributed by atoms with Crippen LogP contribution in [0.2, 0.25) is 0 Å². The Morgan fingerprint density at radius 1 is 1.14 bits per heavy atom. The summed E-state index contributed by atoms with van der Waals surface area (Å²) in [4.78, 5) is 29.4. The number of imide groups is 1. The second-order valence-corrected chi connectivity index (χ2v) is 7.05. The van der Waals surface area contributed by atoms with Crippen LogP contribution >= 0.6 is 23.3 Å². The third-order valence-corrected chi connectivity index (χ3v) is 5.33. The van der Waals surface area contributed by atoms with E-state index in [4.69, 9.17) is 0 Å². The van der Waals surface area contributed by atoms with Gasteiger partial charge in [-0.05, 0) is 37.8 Å². The van der Waals surface area contributed by atoms with Gasteiger partial charge in [-0.15, -0.1) is 11.3 Å². The molecule has 5 nitrogen and oxygen atoms in total. The van der Waals surface area contributed by atoms with Gasteiger partial charge in [0.25, 0.3) is 5.91 Å². The minimum Gasteiger partial charge on any atom is -0.275 e. The lowest BCUT2D eigenvalue weighted by atomic mass is 10.0. The third-order valence-electron chi connectivity index (χ3n) is 3.32.